The van der Waals surface area contributed by atoms with E-state index in [2.05, 4.69) is 4.74 Å². The molecule has 1 fully saturated rings. The van der Waals surface area contributed by atoms with E-state index in [-0.39, 0.29) is 12.6 Å². The van der Waals surface area contributed by atoms with Gasteiger partial charge in [0.25, 0.3) is 0 Å². The Morgan fingerprint density at radius 2 is 1.94 bits per heavy atom. The lowest BCUT2D eigenvalue weighted by Crippen LogP contribution is -2.43. The van der Waals surface area contributed by atoms with Gasteiger partial charge in [-0.05, 0) is 12.8 Å². The molecule has 0 aromatic rings. The van der Waals surface area contributed by atoms with E-state index in [0.29, 0.717) is 0 Å². The van der Waals surface area contributed by atoms with E-state index in [1.807, 2.05) is 0 Å². The molecule has 16 heavy (non-hydrogen) atoms. The lowest BCUT2D eigenvalue weighted by molar-refractivity contribution is -0.159. The van der Waals surface area contributed by atoms with Crippen molar-refractivity contribution in [3.8, 4) is 0 Å². The highest BCUT2D eigenvalue weighted by Gasteiger charge is 2.35. The van der Waals surface area contributed by atoms with E-state index in [4.69, 9.17) is 0 Å². The van der Waals surface area contributed by atoms with E-state index < -0.39 is 18.7 Å². The summed E-state index contributed by atoms with van der Waals surface area (Å²) in [6.07, 6.45) is -0.947. The molecule has 0 aliphatic heterocycles. The summed E-state index contributed by atoms with van der Waals surface area (Å²) in [6, 6.07) is -0.138. The average Bonchev–Trinajstić information content (AvgIpc) is 2.67. The monoisotopic (exact) mass is 239 g/mol. The number of ether oxygens (including phenoxy) is 1. The summed E-state index contributed by atoms with van der Waals surface area (Å²) in [4.78, 5) is 12.2. The standard InChI is InChI=1S/C10H16F3NO2/c1-16-9(15)6-14(7-10(11,12)13)8-4-2-3-5-8/h8H,2-7H2,1H3. The SMILES string of the molecule is COC(=O)CN(CC(F)(F)F)C1CCCC1. The third-order valence-corrected chi connectivity index (χ3v) is 2.78. The summed E-state index contributed by atoms with van der Waals surface area (Å²) in [5.74, 6) is -0.615. The van der Waals surface area contributed by atoms with Crippen molar-refractivity contribution >= 4 is 5.97 Å². The zero-order chi connectivity index (χ0) is 12.2. The van der Waals surface area contributed by atoms with Gasteiger partial charge in [0.2, 0.25) is 0 Å². The second-order valence-electron chi connectivity index (χ2n) is 4.03. The van der Waals surface area contributed by atoms with Crippen molar-refractivity contribution in [2.45, 2.75) is 37.9 Å². The Kier molecular flexibility index (Phi) is 4.58. The highest BCUT2D eigenvalue weighted by atomic mass is 19.4. The van der Waals surface area contributed by atoms with E-state index in [9.17, 15) is 18.0 Å². The van der Waals surface area contributed by atoms with Crippen LogP contribution in [0.3, 0.4) is 0 Å². The third kappa shape index (κ3) is 4.38. The molecule has 0 heterocycles. The van der Waals surface area contributed by atoms with Crippen LogP contribution in [-0.2, 0) is 9.53 Å². The molecular formula is C10H16F3NO2. The van der Waals surface area contributed by atoms with Crippen LogP contribution in [0.1, 0.15) is 25.7 Å². The van der Waals surface area contributed by atoms with Gasteiger partial charge in [0.1, 0.15) is 0 Å². The normalized spacial score (nSPS) is 18.1. The number of halogens is 3. The van der Waals surface area contributed by atoms with Gasteiger partial charge in [0, 0.05) is 6.04 Å². The molecule has 94 valence electrons. The zero-order valence-corrected chi connectivity index (χ0v) is 9.22. The minimum Gasteiger partial charge on any atom is -0.468 e. The summed E-state index contributed by atoms with van der Waals surface area (Å²) in [6.45, 7) is -1.31. The molecule has 0 aromatic heterocycles. The van der Waals surface area contributed by atoms with Gasteiger partial charge in [-0.3, -0.25) is 9.69 Å². The molecule has 0 aromatic carbocycles. The maximum atomic E-state index is 12.3. The maximum absolute atomic E-state index is 12.3. The van der Waals surface area contributed by atoms with Gasteiger partial charge in [0.15, 0.2) is 0 Å². The molecule has 1 saturated carbocycles. The van der Waals surface area contributed by atoms with Gasteiger partial charge in [0.05, 0.1) is 20.2 Å². The van der Waals surface area contributed by atoms with Crippen LogP contribution in [0.25, 0.3) is 0 Å². The van der Waals surface area contributed by atoms with Gasteiger partial charge in [-0.2, -0.15) is 13.2 Å². The predicted octanol–water partition coefficient (Wildman–Crippen LogP) is 1.97. The van der Waals surface area contributed by atoms with Gasteiger partial charge in [-0.1, -0.05) is 12.8 Å². The van der Waals surface area contributed by atoms with E-state index in [1.165, 1.54) is 12.0 Å². The maximum Gasteiger partial charge on any atom is 0.401 e. The Morgan fingerprint density at radius 1 is 1.38 bits per heavy atom. The van der Waals surface area contributed by atoms with Crippen molar-refractivity contribution in [1.29, 1.82) is 0 Å². The van der Waals surface area contributed by atoms with Gasteiger partial charge < -0.3 is 4.74 Å². The molecule has 0 N–H and O–H groups in total. The number of hydrogen-bond acceptors (Lipinski definition) is 3. The molecule has 0 atom stereocenters. The number of rotatable bonds is 4. The fraction of sp³-hybridized carbons (Fsp3) is 0.900. The van der Waals surface area contributed by atoms with Crippen molar-refractivity contribution in [3.05, 3.63) is 0 Å². The number of esters is 1. The quantitative estimate of drug-likeness (QED) is 0.702. The Labute approximate surface area is 92.5 Å². The van der Waals surface area contributed by atoms with Crippen LogP contribution in [0.15, 0.2) is 0 Å². The van der Waals surface area contributed by atoms with E-state index in [1.54, 1.807) is 0 Å². The molecule has 0 radical (unpaired) electrons. The highest BCUT2D eigenvalue weighted by Crippen LogP contribution is 2.26. The van der Waals surface area contributed by atoms with Crippen LogP contribution in [-0.4, -0.2) is 43.3 Å². The third-order valence-electron chi connectivity index (χ3n) is 2.78. The van der Waals surface area contributed by atoms with Gasteiger partial charge in [-0.25, -0.2) is 0 Å². The summed E-state index contributed by atoms with van der Waals surface area (Å²) in [7, 11) is 1.18. The molecule has 0 amide bonds. The fourth-order valence-electron chi connectivity index (χ4n) is 2.04. The number of nitrogens with zero attached hydrogens (tertiary/aromatic N) is 1. The van der Waals surface area contributed by atoms with E-state index in [0.717, 1.165) is 25.7 Å². The number of carbonyl (C=O) groups is 1. The Hall–Kier alpha value is -0.780. The summed E-state index contributed by atoms with van der Waals surface area (Å²) >= 11 is 0. The average molecular weight is 239 g/mol. The predicted molar refractivity (Wildman–Crippen MR) is 51.9 cm³/mol. The van der Waals surface area contributed by atoms with E-state index >= 15 is 0 Å². The molecule has 1 rings (SSSR count). The number of methoxy groups -OCH3 is 1. The largest absolute Gasteiger partial charge is 0.468 e. The van der Waals surface area contributed by atoms with Crippen molar-refractivity contribution in [3.63, 3.8) is 0 Å². The molecule has 0 unspecified atom stereocenters. The van der Waals surface area contributed by atoms with Crippen molar-refractivity contribution in [2.24, 2.45) is 0 Å². The summed E-state index contributed by atoms with van der Waals surface area (Å²) < 4.78 is 41.4. The first-order valence-corrected chi connectivity index (χ1v) is 5.30. The number of hydrogen-bond donors (Lipinski definition) is 0. The van der Waals surface area contributed by atoms with Gasteiger partial charge >= 0.3 is 12.1 Å². The summed E-state index contributed by atoms with van der Waals surface area (Å²) in [5, 5.41) is 0. The first-order chi connectivity index (χ1) is 7.42. The van der Waals surface area contributed by atoms with Crippen molar-refractivity contribution in [1.82, 2.24) is 4.90 Å². The molecule has 0 spiro atoms. The lowest BCUT2D eigenvalue weighted by atomic mass is 10.2. The second-order valence-corrected chi connectivity index (χ2v) is 4.03. The molecule has 0 bridgehead atoms. The van der Waals surface area contributed by atoms with Crippen molar-refractivity contribution in [2.75, 3.05) is 20.2 Å². The topological polar surface area (TPSA) is 29.5 Å². The van der Waals surface area contributed by atoms with Gasteiger partial charge in [-0.15, -0.1) is 0 Å². The Bertz CT molecular complexity index is 237. The molecule has 3 nitrogen and oxygen atoms in total. The molecular weight excluding hydrogens is 223 g/mol. The van der Waals surface area contributed by atoms with Crippen LogP contribution in [0.4, 0.5) is 13.2 Å². The first-order valence-electron chi connectivity index (χ1n) is 5.30. The smallest absolute Gasteiger partial charge is 0.401 e. The second kappa shape index (κ2) is 5.52. The number of carbonyl (C=O) groups excluding carboxylic acids is 1. The summed E-state index contributed by atoms with van der Waals surface area (Å²) in [5.41, 5.74) is 0. The lowest BCUT2D eigenvalue weighted by Gasteiger charge is -2.28. The Balaban J connectivity index is 2.57. The number of alkyl halides is 3. The highest BCUT2D eigenvalue weighted by molar-refractivity contribution is 5.71. The first kappa shape index (κ1) is 13.3. The van der Waals surface area contributed by atoms with Crippen LogP contribution in [0, 0.1) is 0 Å². The molecule has 1 aliphatic carbocycles. The van der Waals surface area contributed by atoms with Crippen LogP contribution >= 0.6 is 0 Å². The minimum absolute atomic E-state index is 0.138. The Morgan fingerprint density at radius 3 is 2.38 bits per heavy atom. The molecule has 1 aliphatic rings. The molecule has 6 heteroatoms. The molecule has 0 saturated heterocycles. The van der Waals surface area contributed by atoms with Crippen LogP contribution in [0.2, 0.25) is 0 Å². The zero-order valence-electron chi connectivity index (χ0n) is 9.22. The van der Waals surface area contributed by atoms with Crippen molar-refractivity contribution < 1.29 is 22.7 Å². The van der Waals surface area contributed by atoms with Crippen LogP contribution in [0.5, 0.6) is 0 Å². The van der Waals surface area contributed by atoms with Crippen LogP contribution < -0.4 is 0 Å². The fourth-order valence-corrected chi connectivity index (χ4v) is 2.04. The minimum atomic E-state index is -4.27.